The first kappa shape index (κ1) is 12.1. The van der Waals surface area contributed by atoms with Crippen molar-refractivity contribution in [3.63, 3.8) is 0 Å². The standard InChI is InChI=1S/C10H8F3NO2S/c11-10(12,13)16-8-3-1-7(2-4-8)14-6-17-5-9(14)15/h1-4H,5-6H2. The van der Waals surface area contributed by atoms with Crippen LogP contribution in [0.3, 0.4) is 0 Å². The molecule has 0 N–H and O–H groups in total. The van der Waals surface area contributed by atoms with Gasteiger partial charge in [-0.25, -0.2) is 0 Å². The van der Waals surface area contributed by atoms with Gasteiger partial charge in [-0.05, 0) is 24.3 Å². The topological polar surface area (TPSA) is 29.5 Å². The quantitative estimate of drug-likeness (QED) is 0.821. The molecule has 92 valence electrons. The van der Waals surface area contributed by atoms with Crippen LogP contribution in [0, 0.1) is 0 Å². The molecule has 1 aliphatic rings. The second kappa shape index (κ2) is 4.48. The molecule has 1 aromatic rings. The molecule has 1 amide bonds. The van der Waals surface area contributed by atoms with Crippen LogP contribution in [-0.4, -0.2) is 23.9 Å². The summed E-state index contributed by atoms with van der Waals surface area (Å²) in [5, 5.41) is 0. The Balaban J connectivity index is 2.10. The molecule has 0 unspecified atom stereocenters. The van der Waals surface area contributed by atoms with E-state index >= 15 is 0 Å². The summed E-state index contributed by atoms with van der Waals surface area (Å²) >= 11 is 1.46. The van der Waals surface area contributed by atoms with Crippen molar-refractivity contribution >= 4 is 23.4 Å². The Morgan fingerprint density at radius 3 is 2.35 bits per heavy atom. The third kappa shape index (κ3) is 3.06. The van der Waals surface area contributed by atoms with Gasteiger partial charge in [0.1, 0.15) is 5.75 Å². The van der Waals surface area contributed by atoms with Crippen LogP contribution in [0.5, 0.6) is 5.75 Å². The van der Waals surface area contributed by atoms with E-state index in [1.807, 2.05) is 0 Å². The lowest BCUT2D eigenvalue weighted by molar-refractivity contribution is -0.274. The van der Waals surface area contributed by atoms with Crippen molar-refractivity contribution < 1.29 is 22.7 Å². The van der Waals surface area contributed by atoms with E-state index < -0.39 is 6.36 Å². The number of ether oxygens (including phenoxy) is 1. The maximum Gasteiger partial charge on any atom is 0.573 e. The fourth-order valence-electron chi connectivity index (χ4n) is 1.42. The van der Waals surface area contributed by atoms with Gasteiger partial charge < -0.3 is 9.64 Å². The minimum atomic E-state index is -4.69. The predicted molar refractivity (Wildman–Crippen MR) is 57.9 cm³/mol. The van der Waals surface area contributed by atoms with Crippen LogP contribution in [0.15, 0.2) is 24.3 Å². The summed E-state index contributed by atoms with van der Waals surface area (Å²) in [5.41, 5.74) is 0.578. The Morgan fingerprint density at radius 2 is 1.88 bits per heavy atom. The van der Waals surface area contributed by atoms with Gasteiger partial charge in [0, 0.05) is 5.69 Å². The number of anilines is 1. The van der Waals surface area contributed by atoms with Crippen molar-refractivity contribution in [3.8, 4) is 5.75 Å². The highest BCUT2D eigenvalue weighted by atomic mass is 32.2. The maximum atomic E-state index is 11.9. The van der Waals surface area contributed by atoms with Crippen LogP contribution < -0.4 is 9.64 Å². The Kier molecular flexibility index (Phi) is 3.19. The van der Waals surface area contributed by atoms with Crippen molar-refractivity contribution in [1.82, 2.24) is 0 Å². The molecule has 0 atom stereocenters. The number of carbonyl (C=O) groups excluding carboxylic acids is 1. The van der Waals surface area contributed by atoms with Crippen LogP contribution in [0.2, 0.25) is 0 Å². The van der Waals surface area contributed by atoms with Gasteiger partial charge in [-0.1, -0.05) is 0 Å². The van der Waals surface area contributed by atoms with Crippen molar-refractivity contribution in [3.05, 3.63) is 24.3 Å². The highest BCUT2D eigenvalue weighted by Gasteiger charge is 2.31. The fraction of sp³-hybridized carbons (Fsp3) is 0.300. The number of halogens is 3. The van der Waals surface area contributed by atoms with Gasteiger partial charge in [-0.2, -0.15) is 0 Å². The second-order valence-corrected chi connectivity index (χ2v) is 4.30. The average molecular weight is 263 g/mol. The molecule has 0 aliphatic carbocycles. The van der Waals surface area contributed by atoms with Gasteiger partial charge in [0.25, 0.3) is 0 Å². The summed E-state index contributed by atoms with van der Waals surface area (Å²) in [7, 11) is 0. The van der Waals surface area contributed by atoms with Gasteiger partial charge in [-0.3, -0.25) is 4.79 Å². The molecule has 0 saturated carbocycles. The van der Waals surface area contributed by atoms with Crippen LogP contribution in [0.4, 0.5) is 18.9 Å². The minimum Gasteiger partial charge on any atom is -0.406 e. The SMILES string of the molecule is O=C1CSCN1c1ccc(OC(F)(F)F)cc1. The summed E-state index contributed by atoms with van der Waals surface area (Å²) < 4.78 is 39.5. The lowest BCUT2D eigenvalue weighted by Gasteiger charge is -2.15. The van der Waals surface area contributed by atoms with Gasteiger partial charge in [0.15, 0.2) is 0 Å². The first-order chi connectivity index (χ1) is 7.96. The molecular weight excluding hydrogens is 255 g/mol. The summed E-state index contributed by atoms with van der Waals surface area (Å²) in [5.74, 6) is 0.596. The normalized spacial score (nSPS) is 16.4. The van der Waals surface area contributed by atoms with Crippen molar-refractivity contribution in [2.24, 2.45) is 0 Å². The molecule has 0 bridgehead atoms. The minimum absolute atomic E-state index is 0.0421. The highest BCUT2D eigenvalue weighted by molar-refractivity contribution is 8.00. The smallest absolute Gasteiger partial charge is 0.406 e. The summed E-state index contributed by atoms with van der Waals surface area (Å²) in [6.07, 6.45) is -4.69. The number of nitrogens with zero attached hydrogens (tertiary/aromatic N) is 1. The van der Waals surface area contributed by atoms with Gasteiger partial charge in [0.2, 0.25) is 5.91 Å². The number of thioether (sulfide) groups is 1. The lowest BCUT2D eigenvalue weighted by atomic mass is 10.3. The molecular formula is C10H8F3NO2S. The molecule has 7 heteroatoms. The number of carbonyl (C=O) groups is 1. The van der Waals surface area contributed by atoms with Gasteiger partial charge in [-0.15, -0.1) is 24.9 Å². The van der Waals surface area contributed by atoms with Crippen molar-refractivity contribution in [2.75, 3.05) is 16.5 Å². The summed E-state index contributed by atoms with van der Waals surface area (Å²) in [4.78, 5) is 12.9. The van der Waals surface area contributed by atoms with E-state index in [4.69, 9.17) is 0 Å². The molecule has 0 spiro atoms. The number of hydrogen-bond acceptors (Lipinski definition) is 3. The number of benzene rings is 1. The zero-order chi connectivity index (χ0) is 12.5. The number of rotatable bonds is 2. The highest BCUT2D eigenvalue weighted by Crippen LogP contribution is 2.28. The zero-order valence-corrected chi connectivity index (χ0v) is 9.35. The average Bonchev–Trinajstić information content (AvgIpc) is 2.63. The Hall–Kier alpha value is -1.37. The van der Waals surface area contributed by atoms with Gasteiger partial charge in [0.05, 0.1) is 11.6 Å². The molecule has 1 aromatic carbocycles. The third-order valence-electron chi connectivity index (χ3n) is 2.13. The molecule has 1 fully saturated rings. The van der Waals surface area contributed by atoms with E-state index in [-0.39, 0.29) is 11.7 Å². The second-order valence-electron chi connectivity index (χ2n) is 3.34. The number of amides is 1. The largest absolute Gasteiger partial charge is 0.573 e. The van der Waals surface area contributed by atoms with E-state index in [0.29, 0.717) is 17.3 Å². The Bertz CT molecular complexity index is 419. The monoisotopic (exact) mass is 263 g/mol. The third-order valence-corrected chi connectivity index (χ3v) is 3.02. The molecule has 1 aliphatic heterocycles. The van der Waals surface area contributed by atoms with Crippen LogP contribution in [0.25, 0.3) is 0 Å². The van der Waals surface area contributed by atoms with Crippen molar-refractivity contribution in [2.45, 2.75) is 6.36 Å². The molecule has 0 radical (unpaired) electrons. The molecule has 1 saturated heterocycles. The Labute approximate surface area is 99.5 Å². The van der Waals surface area contributed by atoms with Gasteiger partial charge >= 0.3 is 6.36 Å². The van der Waals surface area contributed by atoms with Crippen molar-refractivity contribution in [1.29, 1.82) is 0 Å². The van der Waals surface area contributed by atoms with Crippen LogP contribution >= 0.6 is 11.8 Å². The van der Waals surface area contributed by atoms with Crippen LogP contribution in [0.1, 0.15) is 0 Å². The molecule has 2 rings (SSSR count). The first-order valence-electron chi connectivity index (χ1n) is 4.70. The fourth-order valence-corrected chi connectivity index (χ4v) is 2.32. The molecule has 3 nitrogen and oxygen atoms in total. The molecule has 17 heavy (non-hydrogen) atoms. The van der Waals surface area contributed by atoms with E-state index in [2.05, 4.69) is 4.74 Å². The zero-order valence-electron chi connectivity index (χ0n) is 8.53. The predicted octanol–water partition coefficient (Wildman–Crippen LogP) is 2.62. The van der Waals surface area contributed by atoms with Crippen LogP contribution in [-0.2, 0) is 4.79 Å². The Morgan fingerprint density at radius 1 is 1.24 bits per heavy atom. The maximum absolute atomic E-state index is 11.9. The molecule has 1 heterocycles. The molecule has 0 aromatic heterocycles. The van der Waals surface area contributed by atoms with E-state index in [1.165, 1.54) is 40.9 Å². The number of hydrogen-bond donors (Lipinski definition) is 0. The van der Waals surface area contributed by atoms with E-state index in [1.54, 1.807) is 0 Å². The van der Waals surface area contributed by atoms with E-state index in [9.17, 15) is 18.0 Å². The number of alkyl halides is 3. The first-order valence-corrected chi connectivity index (χ1v) is 5.85. The summed E-state index contributed by atoms with van der Waals surface area (Å²) in [6, 6.07) is 5.26. The summed E-state index contributed by atoms with van der Waals surface area (Å²) in [6.45, 7) is 0. The lowest BCUT2D eigenvalue weighted by Crippen LogP contribution is -2.24. The van der Waals surface area contributed by atoms with E-state index in [0.717, 1.165) is 0 Å².